The summed E-state index contributed by atoms with van der Waals surface area (Å²) in [4.78, 5) is 16.4. The molecular weight excluding hydrogens is 534 g/mol. The highest BCUT2D eigenvalue weighted by Crippen LogP contribution is 2.45. The molecule has 1 aliphatic carbocycles. The Kier molecular flexibility index (Phi) is 6.54. The van der Waals surface area contributed by atoms with Gasteiger partial charge in [0.1, 0.15) is 22.7 Å². The minimum atomic E-state index is -0.195. The van der Waals surface area contributed by atoms with Crippen LogP contribution in [-0.2, 0) is 0 Å². The summed E-state index contributed by atoms with van der Waals surface area (Å²) in [6, 6.07) is 35.3. The molecule has 6 rings (SSSR count). The number of Topliss-reactive ketones (excluding diaryl/α,β-unsaturated/α-hetero) is 1. The van der Waals surface area contributed by atoms with E-state index in [-0.39, 0.29) is 11.4 Å². The van der Waals surface area contributed by atoms with E-state index in [2.05, 4.69) is 36.1 Å². The lowest BCUT2D eigenvalue weighted by molar-refractivity contribution is 0.104. The van der Waals surface area contributed by atoms with Gasteiger partial charge in [-0.2, -0.15) is 10.5 Å². The third kappa shape index (κ3) is 4.28. The van der Waals surface area contributed by atoms with Gasteiger partial charge in [-0.05, 0) is 65.9 Å². The maximum absolute atomic E-state index is 13.4. The number of aryl methyl sites for hydroxylation is 1. The van der Waals surface area contributed by atoms with E-state index in [9.17, 15) is 15.3 Å². The van der Waals surface area contributed by atoms with Crippen molar-refractivity contribution < 1.29 is 4.79 Å². The smallest absolute Gasteiger partial charge is 0.194 e. The van der Waals surface area contributed by atoms with Crippen molar-refractivity contribution in [2.75, 3.05) is 4.90 Å². The highest BCUT2D eigenvalue weighted by Gasteiger charge is 2.32. The fourth-order valence-electron chi connectivity index (χ4n) is 5.16. The minimum Gasteiger partial charge on any atom is -0.301 e. The van der Waals surface area contributed by atoms with Crippen LogP contribution in [-0.4, -0.2) is 5.78 Å². The number of carbonyl (C=O) groups is 1. The normalized spacial score (nSPS) is 13.2. The monoisotopic (exact) mass is 553 g/mol. The van der Waals surface area contributed by atoms with Gasteiger partial charge in [-0.15, -0.1) is 11.3 Å². The Hall–Kier alpha value is -4.94. The van der Waals surface area contributed by atoms with Crippen LogP contribution in [0.1, 0.15) is 26.4 Å². The van der Waals surface area contributed by atoms with Crippen LogP contribution in [0.15, 0.2) is 108 Å². The Morgan fingerprint density at radius 2 is 1.57 bits per heavy atom. The van der Waals surface area contributed by atoms with Gasteiger partial charge in [-0.3, -0.25) is 4.79 Å². The van der Waals surface area contributed by atoms with Gasteiger partial charge in [-0.25, -0.2) is 0 Å². The summed E-state index contributed by atoms with van der Waals surface area (Å²) in [7, 11) is 0. The average molecular weight is 554 g/mol. The second kappa shape index (κ2) is 10.3. The molecule has 0 atom stereocenters. The average Bonchev–Trinajstić information content (AvgIpc) is 3.54. The highest BCUT2D eigenvalue weighted by molar-refractivity contribution is 7.17. The molecular formula is C34H20ClN3OS. The minimum absolute atomic E-state index is 0.0759. The first-order valence-corrected chi connectivity index (χ1v) is 13.7. The Morgan fingerprint density at radius 1 is 0.850 bits per heavy atom. The summed E-state index contributed by atoms with van der Waals surface area (Å²) in [5, 5.41) is 23.1. The quantitative estimate of drug-likeness (QED) is 0.164. The van der Waals surface area contributed by atoms with Crippen molar-refractivity contribution in [3.8, 4) is 12.1 Å². The largest absolute Gasteiger partial charge is 0.301 e. The number of halogens is 1. The fourth-order valence-corrected chi connectivity index (χ4v) is 6.33. The molecule has 0 radical (unpaired) electrons. The van der Waals surface area contributed by atoms with Gasteiger partial charge in [0, 0.05) is 37.7 Å². The molecule has 0 amide bonds. The van der Waals surface area contributed by atoms with Crippen LogP contribution >= 0.6 is 22.9 Å². The number of allylic oxidation sites excluding steroid dienone is 3. The Morgan fingerprint density at radius 3 is 2.33 bits per heavy atom. The molecule has 0 N–H and O–H groups in total. The number of carbonyl (C=O) groups excluding carboxylic acids is 1. The Bertz CT molecular complexity index is 1970. The third-order valence-corrected chi connectivity index (χ3v) is 8.23. The number of ketones is 1. The van der Waals surface area contributed by atoms with Crippen LogP contribution in [0.4, 0.5) is 16.4 Å². The van der Waals surface area contributed by atoms with Gasteiger partial charge in [-0.1, -0.05) is 72.3 Å². The molecule has 1 aromatic heterocycles. The summed E-state index contributed by atoms with van der Waals surface area (Å²) in [6.45, 7) is 2.10. The number of thiophene rings is 1. The molecule has 1 heterocycles. The molecule has 0 saturated carbocycles. The highest BCUT2D eigenvalue weighted by atomic mass is 35.5. The standard InChI is InChI=1S/C34H20ClN3OS/c1-21-13-15-31(27-10-3-2-9-26(21)27)38(24-8-6-7-23(35)17-24)32-16-14-25(40-32)18-30-33(22(19-36)20-37)28-11-4-5-12-29(28)34(30)39/h2-18H,1H3/b30-18-. The van der Waals surface area contributed by atoms with Crippen LogP contribution in [0.25, 0.3) is 22.4 Å². The van der Waals surface area contributed by atoms with Gasteiger partial charge in [0.05, 0.1) is 5.69 Å². The van der Waals surface area contributed by atoms with E-state index in [1.165, 1.54) is 16.9 Å². The lowest BCUT2D eigenvalue weighted by Gasteiger charge is -2.25. The summed E-state index contributed by atoms with van der Waals surface area (Å²) < 4.78 is 0. The maximum Gasteiger partial charge on any atom is 0.194 e. The van der Waals surface area contributed by atoms with Crippen LogP contribution < -0.4 is 4.90 Å². The Labute approximate surface area is 240 Å². The van der Waals surface area contributed by atoms with Crippen LogP contribution in [0.2, 0.25) is 5.02 Å². The molecule has 0 spiro atoms. The lowest BCUT2D eigenvalue weighted by atomic mass is 9.99. The van der Waals surface area contributed by atoms with E-state index >= 15 is 0 Å². The van der Waals surface area contributed by atoms with Crippen LogP contribution in [0.5, 0.6) is 0 Å². The summed E-state index contributed by atoms with van der Waals surface area (Å²) >= 11 is 7.94. The van der Waals surface area contributed by atoms with Gasteiger partial charge in [0.15, 0.2) is 5.78 Å². The fraction of sp³-hybridized carbons (Fsp3) is 0.0294. The second-order valence-corrected chi connectivity index (χ2v) is 10.9. The molecule has 40 heavy (non-hydrogen) atoms. The van der Waals surface area contributed by atoms with Crippen molar-refractivity contribution in [2.24, 2.45) is 0 Å². The molecule has 5 aromatic rings. The lowest BCUT2D eigenvalue weighted by Crippen LogP contribution is -2.09. The molecule has 0 bridgehead atoms. The predicted molar refractivity (Wildman–Crippen MR) is 163 cm³/mol. The molecule has 6 heteroatoms. The van der Waals surface area contributed by atoms with Gasteiger partial charge in [0.25, 0.3) is 0 Å². The summed E-state index contributed by atoms with van der Waals surface area (Å²) in [5.41, 5.74) is 4.86. The number of nitriles is 2. The SMILES string of the molecule is Cc1ccc(N(c2cccc(Cl)c2)c2ccc(/C=C3\C(=O)c4ccccc4C3=C(C#N)C#N)s2)c2ccccc12. The molecule has 4 nitrogen and oxygen atoms in total. The van der Waals surface area contributed by atoms with Gasteiger partial charge < -0.3 is 4.90 Å². The molecule has 4 aromatic carbocycles. The first-order valence-electron chi connectivity index (χ1n) is 12.5. The van der Waals surface area contributed by atoms with Crippen molar-refractivity contribution in [1.29, 1.82) is 10.5 Å². The maximum atomic E-state index is 13.4. The van der Waals surface area contributed by atoms with Crippen molar-refractivity contribution in [3.63, 3.8) is 0 Å². The zero-order valence-corrected chi connectivity index (χ0v) is 22.9. The van der Waals surface area contributed by atoms with Crippen LogP contribution in [0.3, 0.4) is 0 Å². The molecule has 0 unspecified atom stereocenters. The van der Waals surface area contributed by atoms with Gasteiger partial charge >= 0.3 is 0 Å². The van der Waals surface area contributed by atoms with E-state index in [1.807, 2.05) is 60.7 Å². The van der Waals surface area contributed by atoms with E-state index in [0.717, 1.165) is 32.0 Å². The van der Waals surface area contributed by atoms with E-state index < -0.39 is 0 Å². The molecule has 0 aliphatic heterocycles. The van der Waals surface area contributed by atoms with E-state index in [0.29, 0.717) is 27.3 Å². The topological polar surface area (TPSA) is 67.9 Å². The van der Waals surface area contributed by atoms with Crippen molar-refractivity contribution in [3.05, 3.63) is 135 Å². The number of benzene rings is 4. The predicted octanol–water partition coefficient (Wildman–Crippen LogP) is 9.41. The third-order valence-electron chi connectivity index (χ3n) is 6.97. The zero-order valence-electron chi connectivity index (χ0n) is 21.4. The number of nitrogens with zero attached hydrogens (tertiary/aromatic N) is 3. The first-order chi connectivity index (χ1) is 19.5. The van der Waals surface area contributed by atoms with Crippen LogP contribution in [0, 0.1) is 29.6 Å². The number of hydrogen-bond donors (Lipinski definition) is 0. The van der Waals surface area contributed by atoms with E-state index in [4.69, 9.17) is 11.6 Å². The first kappa shape index (κ1) is 25.3. The summed E-state index contributed by atoms with van der Waals surface area (Å²) in [5.74, 6) is -0.195. The van der Waals surface area contributed by atoms with Crippen molar-refractivity contribution >= 4 is 67.5 Å². The second-order valence-electron chi connectivity index (χ2n) is 9.34. The number of rotatable bonds is 4. The molecule has 0 saturated heterocycles. The number of anilines is 3. The van der Waals surface area contributed by atoms with Crippen molar-refractivity contribution in [2.45, 2.75) is 6.92 Å². The summed E-state index contributed by atoms with van der Waals surface area (Å²) in [6.07, 6.45) is 1.78. The number of hydrogen-bond acceptors (Lipinski definition) is 5. The zero-order chi connectivity index (χ0) is 27.8. The Balaban J connectivity index is 1.52. The van der Waals surface area contributed by atoms with E-state index in [1.54, 1.807) is 30.3 Å². The molecule has 0 fully saturated rings. The number of fused-ring (bicyclic) bond motifs is 2. The van der Waals surface area contributed by atoms with Gasteiger partial charge in [0.2, 0.25) is 0 Å². The molecule has 190 valence electrons. The van der Waals surface area contributed by atoms with Crippen molar-refractivity contribution in [1.82, 2.24) is 0 Å². The molecule has 1 aliphatic rings.